The van der Waals surface area contributed by atoms with Crippen LogP contribution in [0.2, 0.25) is 20.1 Å². The first-order valence-electron chi connectivity index (χ1n) is 11.5. The van der Waals surface area contributed by atoms with E-state index >= 15 is 0 Å². The number of esters is 1. The number of carbonyl (C=O) groups excluding carboxylic acids is 2. The van der Waals surface area contributed by atoms with E-state index in [2.05, 4.69) is 5.32 Å². The zero-order chi connectivity index (χ0) is 26.4. The molecule has 2 aliphatic rings. The molecule has 0 bridgehead atoms. The second-order valence-corrected chi connectivity index (χ2v) is 10.7. The molecule has 0 saturated heterocycles. The maximum Gasteiger partial charge on any atom is 0.328 e. The molecule has 1 fully saturated rings. The van der Waals surface area contributed by atoms with E-state index in [-0.39, 0.29) is 38.0 Å². The van der Waals surface area contributed by atoms with Gasteiger partial charge in [0.2, 0.25) is 0 Å². The molecule has 1 heterocycles. The topological polar surface area (TPSA) is 64.6 Å². The first kappa shape index (κ1) is 26.1. The number of nitrogens with one attached hydrogen (secondary N) is 1. The van der Waals surface area contributed by atoms with Gasteiger partial charge in [0.25, 0.3) is 5.91 Å². The van der Waals surface area contributed by atoms with Gasteiger partial charge in [-0.25, -0.2) is 9.18 Å². The van der Waals surface area contributed by atoms with Crippen molar-refractivity contribution in [2.24, 2.45) is 5.92 Å². The van der Waals surface area contributed by atoms with Gasteiger partial charge in [-0.2, -0.15) is 0 Å². The lowest BCUT2D eigenvalue weighted by Gasteiger charge is -2.26. The van der Waals surface area contributed by atoms with Crippen molar-refractivity contribution in [2.45, 2.75) is 24.8 Å². The van der Waals surface area contributed by atoms with Gasteiger partial charge in [-0.15, -0.1) is 0 Å². The minimum Gasteiger partial charge on any atom is -0.492 e. The number of halogens is 5. The number of methoxy groups -OCH3 is 1. The zero-order valence-corrected chi connectivity index (χ0v) is 22.4. The maximum atomic E-state index is 13.8. The lowest BCUT2D eigenvalue weighted by molar-refractivity contribution is -0.142. The summed E-state index contributed by atoms with van der Waals surface area (Å²) in [6, 6.07) is 9.72. The molecule has 10 heteroatoms. The molecule has 3 atom stereocenters. The van der Waals surface area contributed by atoms with E-state index in [9.17, 15) is 14.0 Å². The van der Waals surface area contributed by atoms with E-state index in [1.54, 1.807) is 24.3 Å². The van der Waals surface area contributed by atoms with Crippen molar-refractivity contribution in [1.82, 2.24) is 5.32 Å². The van der Waals surface area contributed by atoms with Gasteiger partial charge in [-0.1, -0.05) is 64.6 Å². The summed E-state index contributed by atoms with van der Waals surface area (Å²) in [4.78, 5) is 25.8. The Morgan fingerprint density at radius 3 is 2.41 bits per heavy atom. The second-order valence-electron chi connectivity index (χ2n) is 9.02. The van der Waals surface area contributed by atoms with Crippen LogP contribution in [-0.4, -0.2) is 31.6 Å². The molecule has 37 heavy (non-hydrogen) atoms. The first-order chi connectivity index (χ1) is 17.7. The largest absolute Gasteiger partial charge is 0.492 e. The standard InChI is InChI=1S/C27H20Cl4FNO4/c1-36-27(35)21(33-26(34)24-17(28)3-2-4-18(24)29)8-12-5-6-15(23-19(30)9-14(32)10-20(23)31)25-22(12)16-7-13(16)11-37-25/h2-6,9-10,13,16,21H,7-8,11H2,1H3,(H,33,34)/t13-,16-,21-/m0/s1. The second kappa shape index (κ2) is 10.3. The van der Waals surface area contributed by atoms with Crippen molar-refractivity contribution >= 4 is 58.3 Å². The van der Waals surface area contributed by atoms with Gasteiger partial charge in [-0.3, -0.25) is 4.79 Å². The number of carbonyl (C=O) groups is 2. The number of amides is 1. The number of rotatable bonds is 6. The zero-order valence-electron chi connectivity index (χ0n) is 19.4. The Balaban J connectivity index is 1.53. The summed E-state index contributed by atoms with van der Waals surface area (Å²) in [5, 5.41) is 3.37. The average Bonchev–Trinajstić information content (AvgIpc) is 3.63. The van der Waals surface area contributed by atoms with Crippen LogP contribution >= 0.6 is 46.4 Å². The predicted octanol–water partition coefficient (Wildman–Crippen LogP) is 7.12. The highest BCUT2D eigenvalue weighted by molar-refractivity contribution is 6.40. The molecule has 3 aromatic carbocycles. The molecule has 1 aliphatic heterocycles. The van der Waals surface area contributed by atoms with Crippen LogP contribution in [0.1, 0.15) is 33.8 Å². The fraction of sp³-hybridized carbons (Fsp3) is 0.259. The van der Waals surface area contributed by atoms with Crippen LogP contribution in [0.15, 0.2) is 42.5 Å². The summed E-state index contributed by atoms with van der Waals surface area (Å²) in [6.45, 7) is 0.534. The van der Waals surface area contributed by atoms with Gasteiger partial charge in [0, 0.05) is 29.0 Å². The molecule has 192 valence electrons. The first-order valence-corrected chi connectivity index (χ1v) is 13.0. The van der Waals surface area contributed by atoms with Crippen molar-refractivity contribution in [3.05, 3.63) is 85.1 Å². The van der Waals surface area contributed by atoms with Crippen LogP contribution in [-0.2, 0) is 16.0 Å². The molecule has 0 aromatic heterocycles. The lowest BCUT2D eigenvalue weighted by Crippen LogP contribution is -2.43. The molecule has 1 saturated carbocycles. The Kier molecular flexibility index (Phi) is 7.29. The normalized spacial score (nSPS) is 18.2. The minimum absolute atomic E-state index is 0.0725. The molecule has 1 N–H and O–H groups in total. The predicted molar refractivity (Wildman–Crippen MR) is 142 cm³/mol. The summed E-state index contributed by atoms with van der Waals surface area (Å²) in [7, 11) is 1.25. The van der Waals surface area contributed by atoms with Gasteiger partial charge < -0.3 is 14.8 Å². The average molecular weight is 583 g/mol. The molecular weight excluding hydrogens is 563 g/mol. The lowest BCUT2D eigenvalue weighted by atomic mass is 9.89. The van der Waals surface area contributed by atoms with Crippen LogP contribution in [0, 0.1) is 11.7 Å². The molecule has 1 aliphatic carbocycles. The fourth-order valence-electron chi connectivity index (χ4n) is 4.85. The molecule has 0 unspecified atom stereocenters. The van der Waals surface area contributed by atoms with Crippen LogP contribution < -0.4 is 10.1 Å². The number of hydrogen-bond acceptors (Lipinski definition) is 4. The Labute approximate surface area is 232 Å². The molecule has 5 rings (SSSR count). The maximum absolute atomic E-state index is 13.8. The van der Waals surface area contributed by atoms with Gasteiger partial charge in [-0.05, 0) is 42.2 Å². The van der Waals surface area contributed by atoms with Crippen LogP contribution in [0.4, 0.5) is 4.39 Å². The van der Waals surface area contributed by atoms with E-state index in [4.69, 9.17) is 55.9 Å². The van der Waals surface area contributed by atoms with Gasteiger partial charge in [0.15, 0.2) is 0 Å². The fourth-order valence-corrected chi connectivity index (χ4v) is 6.09. The smallest absolute Gasteiger partial charge is 0.328 e. The van der Waals surface area contributed by atoms with Gasteiger partial charge >= 0.3 is 5.97 Å². The summed E-state index contributed by atoms with van der Waals surface area (Å²) >= 11 is 25.1. The SMILES string of the molecule is COC(=O)[C@H](Cc1ccc(-c2c(Cl)cc(F)cc2Cl)c2c1[C@H]1C[C@H]1CO2)NC(=O)c1c(Cl)cccc1Cl. The minimum atomic E-state index is -1.02. The monoisotopic (exact) mass is 581 g/mol. The highest BCUT2D eigenvalue weighted by Gasteiger charge is 2.46. The Hall–Kier alpha value is -2.51. The van der Waals surface area contributed by atoms with Crippen molar-refractivity contribution < 1.29 is 23.5 Å². The highest BCUT2D eigenvalue weighted by Crippen LogP contribution is 2.58. The van der Waals surface area contributed by atoms with Gasteiger partial charge in [0.05, 0.1) is 39.4 Å². The van der Waals surface area contributed by atoms with Crippen molar-refractivity contribution in [3.8, 4) is 16.9 Å². The molecule has 5 nitrogen and oxygen atoms in total. The highest BCUT2D eigenvalue weighted by atomic mass is 35.5. The van der Waals surface area contributed by atoms with Crippen LogP contribution in [0.25, 0.3) is 11.1 Å². The molecule has 1 amide bonds. The van der Waals surface area contributed by atoms with Crippen molar-refractivity contribution in [1.29, 1.82) is 0 Å². The number of fused-ring (bicyclic) bond motifs is 3. The van der Waals surface area contributed by atoms with Crippen molar-refractivity contribution in [2.75, 3.05) is 13.7 Å². The van der Waals surface area contributed by atoms with E-state index in [1.807, 2.05) is 6.07 Å². The summed E-state index contributed by atoms with van der Waals surface area (Å²) in [5.41, 5.74) is 2.91. The van der Waals surface area contributed by atoms with Crippen molar-refractivity contribution in [3.63, 3.8) is 0 Å². The van der Waals surface area contributed by atoms with E-state index in [0.717, 1.165) is 17.5 Å². The van der Waals surface area contributed by atoms with Crippen LogP contribution in [0.5, 0.6) is 5.75 Å². The van der Waals surface area contributed by atoms with E-state index in [0.29, 0.717) is 29.4 Å². The Bertz CT molecular complexity index is 1390. The van der Waals surface area contributed by atoms with E-state index < -0.39 is 23.7 Å². The molecule has 0 radical (unpaired) electrons. The van der Waals surface area contributed by atoms with Gasteiger partial charge in [0.1, 0.15) is 17.6 Å². The third-order valence-electron chi connectivity index (χ3n) is 6.70. The molecular formula is C27H20Cl4FNO4. The number of benzene rings is 3. The molecule has 3 aromatic rings. The Morgan fingerprint density at radius 1 is 1.08 bits per heavy atom. The van der Waals surface area contributed by atoms with E-state index in [1.165, 1.54) is 19.2 Å². The summed E-state index contributed by atoms with van der Waals surface area (Å²) < 4.78 is 25.0. The third-order valence-corrected chi connectivity index (χ3v) is 7.93. The summed E-state index contributed by atoms with van der Waals surface area (Å²) in [5.74, 6) is -0.583. The number of hydrogen-bond donors (Lipinski definition) is 1. The summed E-state index contributed by atoms with van der Waals surface area (Å²) in [6.07, 6.45) is 1.07. The molecule has 0 spiro atoms. The Morgan fingerprint density at radius 2 is 1.76 bits per heavy atom. The quantitative estimate of drug-likeness (QED) is 0.314. The number of ether oxygens (including phenoxy) is 2. The third kappa shape index (κ3) is 5.00. The van der Waals surface area contributed by atoms with Crippen LogP contribution in [0.3, 0.4) is 0 Å².